The first kappa shape index (κ1) is 10.9. The molecule has 0 saturated carbocycles. The van der Waals surface area contributed by atoms with Crippen molar-refractivity contribution in [3.8, 4) is 0 Å². The lowest BCUT2D eigenvalue weighted by molar-refractivity contribution is -0.150. The van der Waals surface area contributed by atoms with Crippen molar-refractivity contribution < 1.29 is 14.7 Å². The Kier molecular flexibility index (Phi) is 4.34. The average Bonchev–Trinajstić information content (AvgIpc) is 2.19. The molecule has 0 aromatic rings. The van der Waals surface area contributed by atoms with Crippen molar-refractivity contribution >= 4 is 11.9 Å². The van der Waals surface area contributed by atoms with E-state index < -0.39 is 11.9 Å². The van der Waals surface area contributed by atoms with Crippen LogP contribution in [0.4, 0.5) is 0 Å². The number of carbonyl (C=O) groups excluding carboxylic acids is 1. The molecule has 6 heteroatoms. The third-order valence-corrected chi connectivity index (χ3v) is 2.12. The molecule has 14 heavy (non-hydrogen) atoms. The molecule has 1 fully saturated rings. The topological polar surface area (TPSA) is 81.7 Å². The Hall–Kier alpha value is -1.14. The predicted molar refractivity (Wildman–Crippen MR) is 50.0 cm³/mol. The summed E-state index contributed by atoms with van der Waals surface area (Å²) in [4.78, 5) is 23.0. The number of nitrogens with one attached hydrogen (secondary N) is 2. The van der Waals surface area contributed by atoms with E-state index in [1.165, 1.54) is 0 Å². The van der Waals surface area contributed by atoms with Crippen molar-refractivity contribution in [1.29, 1.82) is 0 Å². The van der Waals surface area contributed by atoms with E-state index in [0.717, 1.165) is 26.2 Å². The van der Waals surface area contributed by atoms with E-state index in [2.05, 4.69) is 15.5 Å². The van der Waals surface area contributed by atoms with Gasteiger partial charge in [0.1, 0.15) is 0 Å². The van der Waals surface area contributed by atoms with Gasteiger partial charge in [0.2, 0.25) is 0 Å². The third-order valence-electron chi connectivity index (χ3n) is 2.12. The first-order valence-electron chi connectivity index (χ1n) is 4.64. The molecule has 1 rings (SSSR count). The highest BCUT2D eigenvalue weighted by Crippen LogP contribution is 1.89. The maximum atomic E-state index is 10.6. The highest BCUT2D eigenvalue weighted by molar-refractivity contribution is 6.31. The Bertz CT molecular complexity index is 214. The molecule has 3 N–H and O–H groups in total. The normalized spacial score (nSPS) is 17.7. The van der Waals surface area contributed by atoms with E-state index in [4.69, 9.17) is 5.11 Å². The van der Waals surface area contributed by atoms with Crippen LogP contribution in [0.5, 0.6) is 0 Å². The standard InChI is InChI=1S/C8H15N3O3/c12-7(8(13)14)10-3-6-11-4-1-9-2-5-11/h9H,1-6H2,(H,10,12)(H,13,14). The third kappa shape index (κ3) is 3.71. The van der Waals surface area contributed by atoms with Crippen LogP contribution in [-0.2, 0) is 9.59 Å². The van der Waals surface area contributed by atoms with Gasteiger partial charge in [-0.15, -0.1) is 0 Å². The molecule has 0 aromatic carbocycles. The molecule has 1 heterocycles. The summed E-state index contributed by atoms with van der Waals surface area (Å²) in [6, 6.07) is 0. The molecule has 6 nitrogen and oxygen atoms in total. The van der Waals surface area contributed by atoms with Crippen LogP contribution in [0.2, 0.25) is 0 Å². The van der Waals surface area contributed by atoms with Crippen molar-refractivity contribution in [2.75, 3.05) is 39.3 Å². The Morgan fingerprint density at radius 2 is 2.00 bits per heavy atom. The second kappa shape index (κ2) is 5.56. The molecular formula is C8H15N3O3. The average molecular weight is 201 g/mol. The monoisotopic (exact) mass is 201 g/mol. The van der Waals surface area contributed by atoms with E-state index in [1.807, 2.05) is 0 Å². The number of hydrogen-bond donors (Lipinski definition) is 3. The summed E-state index contributed by atoms with van der Waals surface area (Å²) in [6.45, 7) is 4.90. The molecule has 1 amide bonds. The molecule has 80 valence electrons. The van der Waals surface area contributed by atoms with Gasteiger partial charge in [0.25, 0.3) is 0 Å². The van der Waals surface area contributed by atoms with Crippen LogP contribution in [0.25, 0.3) is 0 Å². The largest absolute Gasteiger partial charge is 0.474 e. The van der Waals surface area contributed by atoms with Crippen molar-refractivity contribution in [2.24, 2.45) is 0 Å². The Morgan fingerprint density at radius 1 is 1.36 bits per heavy atom. The van der Waals surface area contributed by atoms with Crippen molar-refractivity contribution in [1.82, 2.24) is 15.5 Å². The first-order valence-corrected chi connectivity index (χ1v) is 4.64. The summed E-state index contributed by atoms with van der Waals surface area (Å²) < 4.78 is 0. The zero-order chi connectivity index (χ0) is 10.4. The molecule has 0 unspecified atom stereocenters. The Labute approximate surface area is 82.3 Å². The number of carboxylic acids is 1. The zero-order valence-electron chi connectivity index (χ0n) is 7.95. The fraction of sp³-hybridized carbons (Fsp3) is 0.750. The number of aliphatic carboxylic acids is 1. The summed E-state index contributed by atoms with van der Waals surface area (Å²) in [6.07, 6.45) is 0. The van der Waals surface area contributed by atoms with E-state index in [-0.39, 0.29) is 0 Å². The van der Waals surface area contributed by atoms with Crippen molar-refractivity contribution in [3.05, 3.63) is 0 Å². The molecule has 0 spiro atoms. The van der Waals surface area contributed by atoms with E-state index in [1.54, 1.807) is 0 Å². The van der Waals surface area contributed by atoms with Crippen molar-refractivity contribution in [2.45, 2.75) is 0 Å². The lowest BCUT2D eigenvalue weighted by Gasteiger charge is -2.26. The minimum Gasteiger partial charge on any atom is -0.474 e. The predicted octanol–water partition coefficient (Wildman–Crippen LogP) is -1.91. The molecule has 1 saturated heterocycles. The molecule has 0 radical (unpaired) electrons. The van der Waals surface area contributed by atoms with Gasteiger partial charge < -0.3 is 15.7 Å². The zero-order valence-corrected chi connectivity index (χ0v) is 7.95. The summed E-state index contributed by atoms with van der Waals surface area (Å²) in [5.74, 6) is -2.36. The second-order valence-corrected chi connectivity index (χ2v) is 3.15. The van der Waals surface area contributed by atoms with Gasteiger partial charge in [-0.3, -0.25) is 9.69 Å². The fourth-order valence-electron chi connectivity index (χ4n) is 1.34. The maximum absolute atomic E-state index is 10.6. The molecule has 0 aliphatic carbocycles. The number of nitrogens with zero attached hydrogens (tertiary/aromatic N) is 1. The van der Waals surface area contributed by atoms with E-state index in [9.17, 15) is 9.59 Å². The molecular weight excluding hydrogens is 186 g/mol. The van der Waals surface area contributed by atoms with Crippen LogP contribution in [0.1, 0.15) is 0 Å². The summed E-state index contributed by atoms with van der Waals surface area (Å²) >= 11 is 0. The minimum atomic E-state index is -1.43. The summed E-state index contributed by atoms with van der Waals surface area (Å²) in [5, 5.41) is 13.8. The SMILES string of the molecule is O=C(O)C(=O)NCCN1CCNCC1. The first-order chi connectivity index (χ1) is 6.70. The molecule has 1 aliphatic rings. The fourth-order valence-corrected chi connectivity index (χ4v) is 1.34. The lowest BCUT2D eigenvalue weighted by Crippen LogP contribution is -2.46. The van der Waals surface area contributed by atoms with Crippen LogP contribution in [0.3, 0.4) is 0 Å². The van der Waals surface area contributed by atoms with Crippen molar-refractivity contribution in [3.63, 3.8) is 0 Å². The number of amides is 1. The highest BCUT2D eigenvalue weighted by atomic mass is 16.4. The van der Waals surface area contributed by atoms with Gasteiger partial charge in [-0.25, -0.2) is 4.79 Å². The minimum absolute atomic E-state index is 0.394. The van der Waals surface area contributed by atoms with Gasteiger partial charge in [0, 0.05) is 39.3 Å². The van der Waals surface area contributed by atoms with Gasteiger partial charge in [0.05, 0.1) is 0 Å². The van der Waals surface area contributed by atoms with Gasteiger partial charge in [-0.05, 0) is 0 Å². The Balaban J connectivity index is 2.08. The number of piperazine rings is 1. The van der Waals surface area contributed by atoms with Gasteiger partial charge in [0.15, 0.2) is 0 Å². The summed E-state index contributed by atoms with van der Waals surface area (Å²) in [5.41, 5.74) is 0. The quantitative estimate of drug-likeness (QED) is 0.464. The smallest absolute Gasteiger partial charge is 0.394 e. The lowest BCUT2D eigenvalue weighted by atomic mass is 10.3. The number of carbonyl (C=O) groups is 2. The van der Waals surface area contributed by atoms with Gasteiger partial charge >= 0.3 is 11.9 Å². The molecule has 0 atom stereocenters. The number of carboxylic acid groups (broad SMARTS) is 1. The molecule has 0 bridgehead atoms. The van der Waals surface area contributed by atoms with Crippen LogP contribution >= 0.6 is 0 Å². The molecule has 0 aromatic heterocycles. The van der Waals surface area contributed by atoms with E-state index in [0.29, 0.717) is 13.1 Å². The maximum Gasteiger partial charge on any atom is 0.394 e. The summed E-state index contributed by atoms with van der Waals surface area (Å²) in [7, 11) is 0. The van der Waals surface area contributed by atoms with Crippen LogP contribution in [-0.4, -0.2) is 61.2 Å². The Morgan fingerprint density at radius 3 is 2.57 bits per heavy atom. The number of rotatable bonds is 3. The van der Waals surface area contributed by atoms with E-state index >= 15 is 0 Å². The van der Waals surface area contributed by atoms with Crippen LogP contribution in [0, 0.1) is 0 Å². The van der Waals surface area contributed by atoms with Gasteiger partial charge in [-0.1, -0.05) is 0 Å². The molecule has 1 aliphatic heterocycles. The highest BCUT2D eigenvalue weighted by Gasteiger charge is 2.12. The van der Waals surface area contributed by atoms with Gasteiger partial charge in [-0.2, -0.15) is 0 Å². The number of hydrogen-bond acceptors (Lipinski definition) is 4. The second-order valence-electron chi connectivity index (χ2n) is 3.15. The van der Waals surface area contributed by atoms with Crippen LogP contribution in [0.15, 0.2) is 0 Å². The van der Waals surface area contributed by atoms with Crippen LogP contribution < -0.4 is 10.6 Å².